The van der Waals surface area contributed by atoms with E-state index in [-0.39, 0.29) is 17.9 Å². The highest BCUT2D eigenvalue weighted by Gasteiger charge is 2.36. The van der Waals surface area contributed by atoms with Crippen LogP contribution in [-0.2, 0) is 20.9 Å². The third-order valence-electron chi connectivity index (χ3n) is 4.49. The lowest BCUT2D eigenvalue weighted by atomic mass is 10.1. The number of quaternary nitrogens is 1. The summed E-state index contributed by atoms with van der Waals surface area (Å²) in [5.74, 6) is -0.610. The topological polar surface area (TPSA) is 94.2 Å². The number of carbonyl (C=O) groups is 2. The largest absolute Gasteiger partial charge is 0.469 e. The fourth-order valence-corrected chi connectivity index (χ4v) is 3.21. The molecule has 0 bridgehead atoms. The van der Waals surface area contributed by atoms with Gasteiger partial charge >= 0.3 is 5.97 Å². The van der Waals surface area contributed by atoms with E-state index in [9.17, 15) is 14.4 Å². The number of nitrogens with zero attached hydrogens (tertiary/aromatic N) is 2. The number of hydrogen-bond donors (Lipinski definition) is 2. The summed E-state index contributed by atoms with van der Waals surface area (Å²) in [4.78, 5) is 41.6. The van der Waals surface area contributed by atoms with Gasteiger partial charge in [-0.1, -0.05) is 6.07 Å². The maximum atomic E-state index is 12.4. The van der Waals surface area contributed by atoms with Crippen LogP contribution in [0.25, 0.3) is 5.65 Å². The Hall–Kier alpha value is -2.74. The molecule has 2 atom stereocenters. The summed E-state index contributed by atoms with van der Waals surface area (Å²) >= 11 is 0. The molecule has 0 aliphatic carbocycles. The van der Waals surface area contributed by atoms with Crippen LogP contribution in [0.2, 0.25) is 0 Å². The molecule has 8 heteroatoms. The Labute approximate surface area is 144 Å². The van der Waals surface area contributed by atoms with Crippen molar-refractivity contribution in [1.82, 2.24) is 14.7 Å². The molecule has 0 saturated carbocycles. The number of aromatic nitrogens is 2. The minimum Gasteiger partial charge on any atom is -0.469 e. The normalized spacial score (nSPS) is 20.3. The molecule has 132 valence electrons. The van der Waals surface area contributed by atoms with Gasteiger partial charge in [-0.2, -0.15) is 0 Å². The van der Waals surface area contributed by atoms with Crippen molar-refractivity contribution < 1.29 is 19.2 Å². The smallest absolute Gasteiger partial charge is 0.312 e. The van der Waals surface area contributed by atoms with E-state index < -0.39 is 12.0 Å². The third kappa shape index (κ3) is 3.53. The first-order chi connectivity index (χ1) is 12.0. The zero-order chi connectivity index (χ0) is 18.0. The molecule has 2 aromatic heterocycles. The lowest BCUT2D eigenvalue weighted by Crippen LogP contribution is -3.18. The molecular weight excluding hydrogens is 324 g/mol. The molecule has 2 aromatic rings. The zero-order valence-corrected chi connectivity index (χ0v) is 14.2. The second-order valence-corrected chi connectivity index (χ2v) is 6.16. The molecule has 0 aromatic carbocycles. The van der Waals surface area contributed by atoms with Gasteiger partial charge < -0.3 is 15.0 Å². The van der Waals surface area contributed by atoms with Gasteiger partial charge in [-0.05, 0) is 19.1 Å². The SMILES string of the molecule is COC(=O)C[C@@H]1C(=O)NCC[NH+]1Cc1cc(=O)n2c(C)cccc2n1. The van der Waals surface area contributed by atoms with Crippen LogP contribution in [0.15, 0.2) is 29.1 Å². The second-order valence-electron chi connectivity index (χ2n) is 6.16. The average Bonchev–Trinajstić information content (AvgIpc) is 2.57. The van der Waals surface area contributed by atoms with Crippen LogP contribution in [0.1, 0.15) is 17.8 Å². The van der Waals surface area contributed by atoms with E-state index >= 15 is 0 Å². The molecule has 25 heavy (non-hydrogen) atoms. The van der Waals surface area contributed by atoms with Crippen molar-refractivity contribution in [1.29, 1.82) is 0 Å². The quantitative estimate of drug-likeness (QED) is 0.655. The van der Waals surface area contributed by atoms with E-state index in [1.165, 1.54) is 13.2 Å². The van der Waals surface area contributed by atoms with Gasteiger partial charge in [-0.25, -0.2) is 4.98 Å². The Kier molecular flexibility index (Phi) is 4.80. The number of fused-ring (bicyclic) bond motifs is 1. The Morgan fingerprint density at radius 1 is 1.44 bits per heavy atom. The Morgan fingerprint density at radius 2 is 2.24 bits per heavy atom. The number of amides is 1. The van der Waals surface area contributed by atoms with Gasteiger partial charge in [-0.15, -0.1) is 0 Å². The van der Waals surface area contributed by atoms with Gasteiger partial charge in [0.25, 0.3) is 11.5 Å². The molecule has 1 unspecified atom stereocenters. The number of pyridine rings is 1. The van der Waals surface area contributed by atoms with Crippen LogP contribution in [0.4, 0.5) is 0 Å². The molecule has 3 rings (SSSR count). The minimum absolute atomic E-state index is 0.00331. The average molecular weight is 345 g/mol. The second kappa shape index (κ2) is 7.02. The van der Waals surface area contributed by atoms with Crippen molar-refractivity contribution in [2.45, 2.75) is 25.9 Å². The molecule has 8 nitrogen and oxygen atoms in total. The van der Waals surface area contributed by atoms with E-state index in [2.05, 4.69) is 15.0 Å². The van der Waals surface area contributed by atoms with E-state index in [0.29, 0.717) is 31.0 Å². The van der Waals surface area contributed by atoms with Crippen LogP contribution >= 0.6 is 0 Å². The van der Waals surface area contributed by atoms with E-state index in [4.69, 9.17) is 0 Å². The summed E-state index contributed by atoms with van der Waals surface area (Å²) in [5.41, 5.74) is 1.85. The van der Waals surface area contributed by atoms with E-state index in [1.807, 2.05) is 19.1 Å². The predicted octanol–water partition coefficient (Wildman–Crippen LogP) is -1.55. The van der Waals surface area contributed by atoms with E-state index in [0.717, 1.165) is 10.6 Å². The van der Waals surface area contributed by atoms with Crippen molar-refractivity contribution in [2.24, 2.45) is 0 Å². The van der Waals surface area contributed by atoms with Crippen LogP contribution in [0.3, 0.4) is 0 Å². The van der Waals surface area contributed by atoms with Crippen LogP contribution in [-0.4, -0.2) is 47.5 Å². The standard InChI is InChI=1S/C17H20N4O4/c1-11-4-3-5-14-19-12(8-15(22)21(11)14)10-20-7-6-18-17(24)13(20)9-16(23)25-2/h3-5,8,13H,6-7,9-10H2,1-2H3,(H,18,24)/p+1/t13-/m1/s1. The molecule has 2 N–H and O–H groups in total. The van der Waals surface area contributed by atoms with Gasteiger partial charge in [0.05, 0.1) is 20.2 Å². The minimum atomic E-state index is -0.543. The summed E-state index contributed by atoms with van der Waals surface area (Å²) in [6.07, 6.45) is 0.00331. The number of carbonyl (C=O) groups excluding carboxylic acids is 2. The number of nitrogens with one attached hydrogen (secondary N) is 2. The fourth-order valence-electron chi connectivity index (χ4n) is 3.21. The summed E-state index contributed by atoms with van der Waals surface area (Å²) in [6, 6.07) is 6.43. The Bertz CT molecular complexity index is 877. The van der Waals surface area contributed by atoms with Crippen molar-refractivity contribution in [3.05, 3.63) is 46.0 Å². The maximum absolute atomic E-state index is 12.4. The Morgan fingerprint density at radius 3 is 3.00 bits per heavy atom. The predicted molar refractivity (Wildman–Crippen MR) is 89.2 cm³/mol. The molecule has 0 spiro atoms. The molecule has 3 heterocycles. The molecule has 1 saturated heterocycles. The number of esters is 1. The van der Waals surface area contributed by atoms with Crippen molar-refractivity contribution in [3.63, 3.8) is 0 Å². The number of ether oxygens (including phenoxy) is 1. The number of hydrogen-bond acceptors (Lipinski definition) is 5. The number of piperazine rings is 1. The number of aryl methyl sites for hydroxylation is 1. The first kappa shape index (κ1) is 17.1. The van der Waals surface area contributed by atoms with E-state index in [1.54, 1.807) is 10.5 Å². The summed E-state index contributed by atoms with van der Waals surface area (Å²) in [5, 5.41) is 2.77. The third-order valence-corrected chi connectivity index (χ3v) is 4.49. The molecular formula is C17H21N4O4+. The first-order valence-corrected chi connectivity index (χ1v) is 8.17. The summed E-state index contributed by atoms with van der Waals surface area (Å²) < 4.78 is 6.24. The zero-order valence-electron chi connectivity index (χ0n) is 14.2. The van der Waals surface area contributed by atoms with Gasteiger partial charge in [-0.3, -0.25) is 18.8 Å². The van der Waals surface area contributed by atoms with Crippen LogP contribution < -0.4 is 15.8 Å². The lowest BCUT2D eigenvalue weighted by molar-refractivity contribution is -0.931. The molecule has 1 aliphatic heterocycles. The summed E-state index contributed by atoms with van der Waals surface area (Å²) in [6.45, 7) is 3.43. The Balaban J connectivity index is 1.89. The maximum Gasteiger partial charge on any atom is 0.312 e. The highest BCUT2D eigenvalue weighted by atomic mass is 16.5. The lowest BCUT2D eigenvalue weighted by Gasteiger charge is -2.31. The first-order valence-electron chi connectivity index (χ1n) is 8.17. The van der Waals surface area contributed by atoms with Crippen LogP contribution in [0, 0.1) is 6.92 Å². The fraction of sp³-hybridized carbons (Fsp3) is 0.412. The number of methoxy groups -OCH3 is 1. The summed E-state index contributed by atoms with van der Waals surface area (Å²) in [7, 11) is 1.30. The molecule has 1 aliphatic rings. The van der Waals surface area contributed by atoms with Crippen molar-refractivity contribution >= 4 is 17.5 Å². The van der Waals surface area contributed by atoms with Gasteiger partial charge in [0.15, 0.2) is 6.04 Å². The molecule has 1 amide bonds. The monoisotopic (exact) mass is 345 g/mol. The van der Waals surface area contributed by atoms with Crippen molar-refractivity contribution in [2.75, 3.05) is 20.2 Å². The molecule has 0 radical (unpaired) electrons. The molecule has 1 fully saturated rings. The van der Waals surface area contributed by atoms with Gasteiger partial charge in [0.1, 0.15) is 24.3 Å². The highest BCUT2D eigenvalue weighted by molar-refractivity contribution is 5.85. The highest BCUT2D eigenvalue weighted by Crippen LogP contribution is 2.03. The van der Waals surface area contributed by atoms with Gasteiger partial charge in [0, 0.05) is 11.8 Å². The van der Waals surface area contributed by atoms with Gasteiger partial charge in [0.2, 0.25) is 0 Å². The van der Waals surface area contributed by atoms with Crippen molar-refractivity contribution in [3.8, 4) is 0 Å². The number of rotatable bonds is 4. The van der Waals surface area contributed by atoms with Crippen LogP contribution in [0.5, 0.6) is 0 Å².